The van der Waals surface area contributed by atoms with Crippen molar-refractivity contribution < 1.29 is 53.0 Å². The first-order valence-corrected chi connectivity index (χ1v) is 16.8. The number of phenols is 1. The molecule has 0 bridgehead atoms. The number of nitrogens with one attached hydrogen (secondary N) is 2. The fraction of sp³-hybridized carbons (Fsp3) is 0.257. The summed E-state index contributed by atoms with van der Waals surface area (Å²) in [5, 5.41) is 33.1. The molecule has 16 heteroatoms. The molecular weight excluding hydrogens is 685 g/mol. The van der Waals surface area contributed by atoms with Gasteiger partial charge in [0.2, 0.25) is 12.5 Å². The summed E-state index contributed by atoms with van der Waals surface area (Å²) in [5.74, 6) is -3.85. The molecule has 3 aromatic rings. The van der Waals surface area contributed by atoms with E-state index in [0.29, 0.717) is 35.4 Å². The number of likely N-dealkylation sites (tertiary alicyclic amines) is 1. The summed E-state index contributed by atoms with van der Waals surface area (Å²) in [4.78, 5) is 66.4. The Kier molecular flexibility index (Phi) is 10.3. The van der Waals surface area contributed by atoms with Gasteiger partial charge < -0.3 is 35.6 Å². The quantitative estimate of drug-likeness (QED) is 0.0793. The predicted octanol–water partition coefficient (Wildman–Crippen LogP) is 1.43. The summed E-state index contributed by atoms with van der Waals surface area (Å²) in [6.45, 7) is 0.143. The van der Waals surface area contributed by atoms with Gasteiger partial charge in [-0.3, -0.25) is 24.1 Å². The molecule has 6 rings (SSSR count). The highest BCUT2D eigenvalue weighted by Gasteiger charge is 2.54. The number of benzene rings is 2. The lowest BCUT2D eigenvalue weighted by atomic mass is 10.0. The number of carboxylic acids is 1. The molecule has 0 unspecified atom stereocenters. The van der Waals surface area contributed by atoms with Crippen LogP contribution in [-0.2, 0) is 43.7 Å². The number of aliphatic hydroxyl groups excluding tert-OH is 1. The van der Waals surface area contributed by atoms with Gasteiger partial charge in [0, 0.05) is 48.3 Å². The number of aromatic nitrogens is 1. The number of β-lactam (4-membered cyclic amide) rings is 1. The first kappa shape index (κ1) is 35.1. The Labute approximate surface area is 294 Å². The van der Waals surface area contributed by atoms with Crippen molar-refractivity contribution in [3.8, 4) is 11.5 Å². The first-order valence-electron chi connectivity index (χ1n) is 15.8. The monoisotopic (exact) mass is 718 g/mol. The standard InChI is InChI=1S/C35H32FN5O9S/c36-26-14-24(3-6-27(26)43)37-28(44)16-39-10-7-20(8-11-39)15-40-12-9-22(32(40)46)13-23-19-51-34-30(33(47)41(34)31(23)35(48)49)38-29(45)18-50-25-4-1-21(17-42)2-5-25/h1-8,10-11,13-14,30,34,42H,9,12,15-19H2,(H3-,37,38,43,44,45,48,49)/p+1/b22-13+/t30-,34-/m1/s1. The van der Waals surface area contributed by atoms with E-state index in [2.05, 4.69) is 10.6 Å². The van der Waals surface area contributed by atoms with E-state index in [1.807, 2.05) is 0 Å². The van der Waals surface area contributed by atoms with Gasteiger partial charge in [-0.1, -0.05) is 12.1 Å². The average Bonchev–Trinajstić information content (AvgIpc) is 3.46. The maximum atomic E-state index is 13.6. The van der Waals surface area contributed by atoms with Crippen LogP contribution in [0.25, 0.3) is 0 Å². The van der Waals surface area contributed by atoms with Crippen LogP contribution in [0.15, 0.2) is 89.9 Å². The van der Waals surface area contributed by atoms with Crippen molar-refractivity contribution in [1.82, 2.24) is 15.1 Å². The highest BCUT2D eigenvalue weighted by molar-refractivity contribution is 8.00. The van der Waals surface area contributed by atoms with Gasteiger partial charge in [-0.15, -0.1) is 11.8 Å². The zero-order valence-corrected chi connectivity index (χ0v) is 27.8. The maximum Gasteiger partial charge on any atom is 0.352 e. The largest absolute Gasteiger partial charge is 0.505 e. The van der Waals surface area contributed by atoms with Crippen LogP contribution in [0.1, 0.15) is 17.5 Å². The molecule has 2 saturated heterocycles. The normalized spacial score (nSPS) is 19.1. The zero-order chi connectivity index (χ0) is 36.2. The third-order valence-electron chi connectivity index (χ3n) is 8.45. The Bertz CT molecular complexity index is 1950. The number of thioether (sulfide) groups is 1. The minimum Gasteiger partial charge on any atom is -0.505 e. The second-order valence-corrected chi connectivity index (χ2v) is 13.1. The van der Waals surface area contributed by atoms with Gasteiger partial charge in [-0.2, -0.15) is 4.57 Å². The molecule has 3 aliphatic heterocycles. The van der Waals surface area contributed by atoms with Gasteiger partial charge in [0.25, 0.3) is 17.7 Å². The fourth-order valence-electron chi connectivity index (χ4n) is 5.84. The van der Waals surface area contributed by atoms with Crippen LogP contribution in [0.4, 0.5) is 10.1 Å². The summed E-state index contributed by atoms with van der Waals surface area (Å²) in [7, 11) is 0. The molecule has 4 heterocycles. The first-order chi connectivity index (χ1) is 24.5. The number of carboxylic acid groups (broad SMARTS) is 1. The summed E-state index contributed by atoms with van der Waals surface area (Å²) >= 11 is 1.29. The Morgan fingerprint density at radius 2 is 1.78 bits per heavy atom. The average molecular weight is 719 g/mol. The van der Waals surface area contributed by atoms with E-state index in [9.17, 15) is 38.6 Å². The van der Waals surface area contributed by atoms with Crippen molar-refractivity contribution in [2.75, 3.05) is 24.2 Å². The highest BCUT2D eigenvalue weighted by atomic mass is 32.2. The number of nitrogens with zero attached hydrogens (tertiary/aromatic N) is 3. The fourth-order valence-corrected chi connectivity index (χ4v) is 7.15. The number of allylic oxidation sites excluding steroid dienone is 1. The van der Waals surface area contributed by atoms with Crippen molar-refractivity contribution in [3.05, 3.63) is 107 Å². The van der Waals surface area contributed by atoms with E-state index in [1.165, 1.54) is 17.8 Å². The molecule has 3 aliphatic rings. The molecule has 0 spiro atoms. The van der Waals surface area contributed by atoms with Crippen molar-refractivity contribution >= 4 is 47.0 Å². The number of pyridine rings is 1. The SMILES string of the molecule is O=C(C[n+]1ccc(CN2CC/C(=C\C3=C(C(=O)O)N4C(=O)[C@@H](NC(=O)COc5ccc(CO)cc5)[C@H]4SC3)C2=O)cc1)Nc1ccc(O)c(F)c1. The number of aliphatic hydroxyl groups is 1. The molecular formula is C35H33FN5O9S+. The van der Waals surface area contributed by atoms with Gasteiger partial charge in [0.05, 0.1) is 6.61 Å². The molecule has 0 aliphatic carbocycles. The number of aliphatic carboxylic acids is 1. The highest BCUT2D eigenvalue weighted by Crippen LogP contribution is 2.41. The number of carbonyl (C=O) groups excluding carboxylic acids is 4. The van der Waals surface area contributed by atoms with Crippen LogP contribution >= 0.6 is 11.8 Å². The minimum atomic E-state index is -1.32. The number of halogens is 1. The van der Waals surface area contributed by atoms with E-state index >= 15 is 0 Å². The molecule has 51 heavy (non-hydrogen) atoms. The van der Waals surface area contributed by atoms with Gasteiger partial charge in [-0.25, -0.2) is 9.18 Å². The van der Waals surface area contributed by atoms with Crippen molar-refractivity contribution in [2.24, 2.45) is 0 Å². The number of phenolic OH excluding ortho intramolecular Hbond substituents is 1. The second kappa shape index (κ2) is 15.0. The minimum absolute atomic E-state index is 0.0547. The second-order valence-electron chi connectivity index (χ2n) is 12.0. The van der Waals surface area contributed by atoms with E-state index in [4.69, 9.17) is 9.84 Å². The lowest BCUT2D eigenvalue weighted by Crippen LogP contribution is -2.70. The van der Waals surface area contributed by atoms with E-state index in [1.54, 1.807) is 64.3 Å². The number of aromatic hydroxyl groups is 1. The van der Waals surface area contributed by atoms with Crippen LogP contribution in [0, 0.1) is 5.82 Å². The number of carbonyl (C=O) groups is 5. The molecule has 0 radical (unpaired) electrons. The van der Waals surface area contributed by atoms with Gasteiger partial charge in [0.1, 0.15) is 22.9 Å². The molecule has 2 fully saturated rings. The third kappa shape index (κ3) is 7.86. The van der Waals surface area contributed by atoms with Crippen LogP contribution in [-0.4, -0.2) is 85.0 Å². The van der Waals surface area contributed by atoms with Crippen LogP contribution in [0.2, 0.25) is 0 Å². The molecule has 4 amide bonds. The number of hydrogen-bond acceptors (Lipinski definition) is 9. The van der Waals surface area contributed by atoms with Gasteiger partial charge >= 0.3 is 5.97 Å². The van der Waals surface area contributed by atoms with Crippen molar-refractivity contribution in [2.45, 2.75) is 37.5 Å². The Morgan fingerprint density at radius 3 is 2.47 bits per heavy atom. The zero-order valence-electron chi connectivity index (χ0n) is 27.0. The molecule has 14 nitrogen and oxygen atoms in total. The molecule has 0 saturated carbocycles. The number of ether oxygens (including phenoxy) is 1. The van der Waals surface area contributed by atoms with Gasteiger partial charge in [0.15, 0.2) is 30.6 Å². The molecule has 1 aromatic heterocycles. The lowest BCUT2D eigenvalue weighted by molar-refractivity contribution is -0.684. The van der Waals surface area contributed by atoms with E-state index in [-0.39, 0.29) is 49.3 Å². The van der Waals surface area contributed by atoms with Crippen molar-refractivity contribution in [1.29, 1.82) is 0 Å². The molecule has 2 aromatic carbocycles. The van der Waals surface area contributed by atoms with Crippen molar-refractivity contribution in [3.63, 3.8) is 0 Å². The Balaban J connectivity index is 1.03. The summed E-state index contributed by atoms with van der Waals surface area (Å²) in [5.41, 5.74) is 2.21. The van der Waals surface area contributed by atoms with Crippen LogP contribution in [0.5, 0.6) is 11.5 Å². The smallest absolute Gasteiger partial charge is 0.352 e. The molecule has 264 valence electrons. The number of hydrogen-bond donors (Lipinski definition) is 5. The molecule has 5 N–H and O–H groups in total. The Hall–Kier alpha value is -5.74. The number of rotatable bonds is 12. The Morgan fingerprint density at radius 1 is 1.04 bits per heavy atom. The lowest BCUT2D eigenvalue weighted by Gasteiger charge is -2.49. The number of fused-ring (bicyclic) bond motifs is 1. The molecule has 2 atom stereocenters. The predicted molar refractivity (Wildman–Crippen MR) is 179 cm³/mol. The number of amides is 4. The van der Waals surface area contributed by atoms with Gasteiger partial charge in [-0.05, 0) is 53.5 Å². The topological polar surface area (TPSA) is 190 Å². The maximum absolute atomic E-state index is 13.6. The third-order valence-corrected chi connectivity index (χ3v) is 9.75. The van der Waals surface area contributed by atoms with E-state index < -0.39 is 46.7 Å². The number of anilines is 1. The van der Waals surface area contributed by atoms with Crippen LogP contribution < -0.4 is 19.9 Å². The summed E-state index contributed by atoms with van der Waals surface area (Å²) < 4.78 is 20.6. The summed E-state index contributed by atoms with van der Waals surface area (Å²) in [6.07, 6.45) is 5.27. The van der Waals surface area contributed by atoms with Crippen LogP contribution in [0.3, 0.4) is 0 Å². The summed E-state index contributed by atoms with van der Waals surface area (Å²) in [6, 6.07) is 12.7. The van der Waals surface area contributed by atoms with E-state index in [0.717, 1.165) is 22.6 Å².